The molecular weight excluding hydrogens is 181 g/mol. The molecule has 0 aromatic rings. The van der Waals surface area contributed by atoms with E-state index in [9.17, 15) is 12.8 Å². The van der Waals surface area contributed by atoms with E-state index >= 15 is 0 Å². The summed E-state index contributed by atoms with van der Waals surface area (Å²) in [6.07, 6.45) is 0.0266. The minimum atomic E-state index is -3.19. The summed E-state index contributed by atoms with van der Waals surface area (Å²) in [6.45, 7) is 3.04. The van der Waals surface area contributed by atoms with Gasteiger partial charge in [0.15, 0.2) is 9.84 Å². The molecule has 0 amide bonds. The van der Waals surface area contributed by atoms with Crippen molar-refractivity contribution >= 4 is 9.84 Å². The molecule has 1 saturated heterocycles. The molecule has 1 aliphatic rings. The van der Waals surface area contributed by atoms with Gasteiger partial charge in [-0.1, -0.05) is 0 Å². The predicted molar refractivity (Wildman–Crippen MR) is 45.4 cm³/mol. The van der Waals surface area contributed by atoms with Gasteiger partial charge in [-0.25, -0.2) is 12.8 Å². The smallest absolute Gasteiger partial charge is 0.153 e. The number of nitrogens with two attached hydrogens (primary N) is 1. The van der Waals surface area contributed by atoms with Gasteiger partial charge < -0.3 is 5.73 Å². The molecule has 72 valence electrons. The zero-order valence-corrected chi connectivity index (χ0v) is 8.12. The average Bonchev–Trinajstić information content (AvgIpc) is 2.05. The molecule has 0 bridgehead atoms. The second-order valence-electron chi connectivity index (χ2n) is 4.03. The normalized spacial score (nSPS) is 35.3. The molecule has 1 heterocycles. The van der Waals surface area contributed by atoms with Gasteiger partial charge in [0.25, 0.3) is 0 Å². The third-order valence-electron chi connectivity index (χ3n) is 2.41. The molecule has 2 N–H and O–H groups in total. The molecule has 12 heavy (non-hydrogen) atoms. The van der Waals surface area contributed by atoms with Crippen molar-refractivity contribution in [3.05, 3.63) is 0 Å². The highest BCUT2D eigenvalue weighted by Gasteiger charge is 2.51. The Labute approximate surface area is 72.1 Å². The molecule has 5 heteroatoms. The number of rotatable bonds is 1. The molecule has 1 unspecified atom stereocenters. The zero-order chi connectivity index (χ0) is 9.62. The Balaban J connectivity index is 2.93. The highest BCUT2D eigenvalue weighted by atomic mass is 32.2. The van der Waals surface area contributed by atoms with Crippen LogP contribution in [0.15, 0.2) is 0 Å². The van der Waals surface area contributed by atoms with Gasteiger partial charge in [0.05, 0.1) is 11.5 Å². The molecule has 0 aliphatic carbocycles. The fraction of sp³-hybridized carbons (Fsp3) is 1.00. The van der Waals surface area contributed by atoms with Gasteiger partial charge >= 0.3 is 0 Å². The molecule has 1 fully saturated rings. The average molecular weight is 195 g/mol. The zero-order valence-electron chi connectivity index (χ0n) is 7.30. The second kappa shape index (κ2) is 2.42. The molecule has 0 radical (unpaired) electrons. The van der Waals surface area contributed by atoms with Crippen LogP contribution >= 0.6 is 0 Å². The molecule has 1 aliphatic heterocycles. The minimum Gasteiger partial charge on any atom is -0.323 e. The van der Waals surface area contributed by atoms with E-state index in [1.165, 1.54) is 13.8 Å². The lowest BCUT2D eigenvalue weighted by Crippen LogP contribution is -2.54. The third kappa shape index (κ3) is 1.61. The van der Waals surface area contributed by atoms with Crippen molar-refractivity contribution in [2.75, 3.05) is 11.5 Å². The van der Waals surface area contributed by atoms with Gasteiger partial charge in [0.2, 0.25) is 0 Å². The van der Waals surface area contributed by atoms with E-state index in [1.807, 2.05) is 0 Å². The van der Waals surface area contributed by atoms with Crippen LogP contribution in [0.25, 0.3) is 0 Å². The maximum absolute atomic E-state index is 13.8. The Bertz CT molecular complexity index is 280. The van der Waals surface area contributed by atoms with Gasteiger partial charge in [-0.15, -0.1) is 0 Å². The highest BCUT2D eigenvalue weighted by Crippen LogP contribution is 2.35. The largest absolute Gasteiger partial charge is 0.323 e. The van der Waals surface area contributed by atoms with Crippen LogP contribution in [-0.2, 0) is 9.84 Å². The lowest BCUT2D eigenvalue weighted by molar-refractivity contribution is 0.105. The van der Waals surface area contributed by atoms with Crippen LogP contribution in [0.3, 0.4) is 0 Å². The standard InChI is InChI=1S/C7H14FNO2S/c1-6(2,9)7(8)3-4-12(10,11)5-7/h3-5,9H2,1-2H3. The third-order valence-corrected chi connectivity index (χ3v) is 4.14. The van der Waals surface area contributed by atoms with Gasteiger partial charge in [-0.3, -0.25) is 0 Å². The van der Waals surface area contributed by atoms with E-state index in [1.54, 1.807) is 0 Å². The Morgan fingerprint density at radius 2 is 2.00 bits per heavy atom. The van der Waals surface area contributed by atoms with Gasteiger partial charge in [0, 0.05) is 5.54 Å². The van der Waals surface area contributed by atoms with E-state index in [4.69, 9.17) is 5.73 Å². The first-order chi connectivity index (χ1) is 5.16. The Kier molecular flexibility index (Phi) is 2.00. The van der Waals surface area contributed by atoms with Crippen molar-refractivity contribution in [1.82, 2.24) is 0 Å². The topological polar surface area (TPSA) is 60.2 Å². The van der Waals surface area contributed by atoms with Gasteiger partial charge in [-0.2, -0.15) is 0 Å². The van der Waals surface area contributed by atoms with Crippen molar-refractivity contribution in [3.8, 4) is 0 Å². The Hall–Kier alpha value is -0.160. The van der Waals surface area contributed by atoms with E-state index in [-0.39, 0.29) is 12.2 Å². The maximum Gasteiger partial charge on any atom is 0.153 e. The number of sulfone groups is 1. The van der Waals surface area contributed by atoms with Crippen LogP contribution in [0.1, 0.15) is 20.3 Å². The summed E-state index contributed by atoms with van der Waals surface area (Å²) in [5.41, 5.74) is 2.74. The lowest BCUT2D eigenvalue weighted by Gasteiger charge is -2.32. The highest BCUT2D eigenvalue weighted by molar-refractivity contribution is 7.91. The number of hydrogen-bond acceptors (Lipinski definition) is 3. The number of halogens is 1. The first-order valence-corrected chi connectivity index (χ1v) is 5.67. The van der Waals surface area contributed by atoms with Crippen molar-refractivity contribution in [2.45, 2.75) is 31.5 Å². The molecule has 1 atom stereocenters. The molecular formula is C7H14FNO2S. The molecule has 3 nitrogen and oxygen atoms in total. The molecule has 0 spiro atoms. The van der Waals surface area contributed by atoms with E-state index in [2.05, 4.69) is 0 Å². The van der Waals surface area contributed by atoms with Crippen molar-refractivity contribution in [1.29, 1.82) is 0 Å². The SMILES string of the molecule is CC(C)(N)C1(F)CCS(=O)(=O)C1. The fourth-order valence-corrected chi connectivity index (χ4v) is 3.31. The van der Waals surface area contributed by atoms with Crippen molar-refractivity contribution in [2.24, 2.45) is 5.73 Å². The van der Waals surface area contributed by atoms with E-state index in [0.717, 1.165) is 0 Å². The molecule has 0 saturated carbocycles. The number of hydrogen-bond donors (Lipinski definition) is 1. The predicted octanol–water partition coefficient (Wildman–Crippen LogP) is 0.251. The first kappa shape index (κ1) is 9.92. The molecule has 0 aromatic heterocycles. The molecule has 1 rings (SSSR count). The van der Waals surface area contributed by atoms with Crippen molar-refractivity contribution < 1.29 is 12.8 Å². The summed E-state index contributed by atoms with van der Waals surface area (Å²) in [4.78, 5) is 0. The second-order valence-corrected chi connectivity index (χ2v) is 6.21. The van der Waals surface area contributed by atoms with Crippen LogP contribution in [0.4, 0.5) is 4.39 Å². The Morgan fingerprint density at radius 3 is 2.17 bits per heavy atom. The first-order valence-electron chi connectivity index (χ1n) is 3.85. The van der Waals surface area contributed by atoms with E-state index in [0.29, 0.717) is 0 Å². The van der Waals surface area contributed by atoms with Crippen LogP contribution in [0.2, 0.25) is 0 Å². The van der Waals surface area contributed by atoms with Gasteiger partial charge in [0.1, 0.15) is 5.67 Å². The summed E-state index contributed by atoms with van der Waals surface area (Å²) in [6, 6.07) is 0. The summed E-state index contributed by atoms with van der Waals surface area (Å²) < 4.78 is 35.8. The van der Waals surface area contributed by atoms with Gasteiger partial charge in [-0.05, 0) is 20.3 Å². The minimum absolute atomic E-state index is 0.0266. The van der Waals surface area contributed by atoms with Crippen LogP contribution in [0.5, 0.6) is 0 Å². The quantitative estimate of drug-likeness (QED) is 0.652. The van der Waals surface area contributed by atoms with E-state index < -0.39 is 26.8 Å². The summed E-state index contributed by atoms with van der Waals surface area (Å²) in [5.74, 6) is -0.506. The molecule has 0 aromatic carbocycles. The summed E-state index contributed by atoms with van der Waals surface area (Å²) in [7, 11) is -3.19. The Morgan fingerprint density at radius 1 is 1.50 bits per heavy atom. The monoisotopic (exact) mass is 195 g/mol. The van der Waals surface area contributed by atoms with Crippen LogP contribution < -0.4 is 5.73 Å². The van der Waals surface area contributed by atoms with Crippen LogP contribution in [-0.4, -0.2) is 31.1 Å². The number of alkyl halides is 1. The summed E-state index contributed by atoms with van der Waals surface area (Å²) in [5, 5.41) is 0. The van der Waals surface area contributed by atoms with Crippen LogP contribution in [0, 0.1) is 0 Å². The fourth-order valence-electron chi connectivity index (χ4n) is 1.32. The summed E-state index contributed by atoms with van der Waals surface area (Å²) >= 11 is 0. The maximum atomic E-state index is 13.8. The van der Waals surface area contributed by atoms with Crippen molar-refractivity contribution in [3.63, 3.8) is 0 Å². The lowest BCUT2D eigenvalue weighted by atomic mass is 9.85.